The molecule has 2 atom stereocenters. The van der Waals surface area contributed by atoms with Gasteiger partial charge in [0, 0.05) is 10.5 Å². The van der Waals surface area contributed by atoms with Crippen LogP contribution >= 0.6 is 11.8 Å². The van der Waals surface area contributed by atoms with Gasteiger partial charge in [0.2, 0.25) is 0 Å². The first-order valence-corrected chi connectivity index (χ1v) is 8.74. The van der Waals surface area contributed by atoms with Crippen LogP contribution in [0.5, 0.6) is 0 Å². The number of nitrogens with one attached hydrogen (secondary N) is 2. The van der Waals surface area contributed by atoms with Crippen molar-refractivity contribution in [2.75, 3.05) is 25.2 Å². The second kappa shape index (κ2) is 8.13. The molecule has 1 amide bonds. The van der Waals surface area contributed by atoms with Crippen LogP contribution in [0, 0.1) is 5.82 Å². The lowest BCUT2D eigenvalue weighted by Gasteiger charge is -2.21. The number of para-hydroxylation sites is 1. The Morgan fingerprint density at radius 2 is 1.87 bits per heavy atom. The van der Waals surface area contributed by atoms with Gasteiger partial charge in [-0.1, -0.05) is 24.3 Å². The lowest BCUT2D eigenvalue weighted by Crippen LogP contribution is -3.10. The molecule has 0 aliphatic rings. The molecule has 0 heterocycles. The normalized spacial score (nSPS) is 13.4. The van der Waals surface area contributed by atoms with Crippen molar-refractivity contribution in [3.8, 4) is 0 Å². The maximum absolute atomic E-state index is 13.0. The zero-order valence-corrected chi connectivity index (χ0v) is 14.4. The van der Waals surface area contributed by atoms with Crippen LogP contribution in [0.2, 0.25) is 0 Å². The number of quaternary nitrogens is 1. The van der Waals surface area contributed by atoms with E-state index in [0.717, 1.165) is 21.0 Å². The minimum Gasteiger partial charge on any atom is -0.324 e. The molecule has 0 aliphatic heterocycles. The molecule has 3 nitrogen and oxygen atoms in total. The molecule has 0 saturated heterocycles. The highest BCUT2D eigenvalue weighted by atomic mass is 32.2. The van der Waals surface area contributed by atoms with Crippen LogP contribution < -0.4 is 10.2 Å². The van der Waals surface area contributed by atoms with E-state index < -0.39 is 0 Å². The van der Waals surface area contributed by atoms with Gasteiger partial charge in [-0.25, -0.2) is 4.39 Å². The summed E-state index contributed by atoms with van der Waals surface area (Å²) in [6.45, 7) is 2.38. The third-order valence-electron chi connectivity index (χ3n) is 3.93. The predicted octanol–water partition coefficient (Wildman–Crippen LogP) is 2.76. The summed E-state index contributed by atoms with van der Waals surface area (Å²) in [7, 11) is 1.97. The quantitative estimate of drug-likeness (QED) is 0.797. The summed E-state index contributed by atoms with van der Waals surface area (Å²) >= 11 is 1.60. The monoisotopic (exact) mass is 333 g/mol. The molecule has 2 N–H and O–H groups in total. The lowest BCUT2D eigenvalue weighted by atomic mass is 10.1. The van der Waals surface area contributed by atoms with Gasteiger partial charge in [0.05, 0.1) is 12.7 Å². The lowest BCUT2D eigenvalue weighted by molar-refractivity contribution is -0.902. The van der Waals surface area contributed by atoms with Crippen molar-refractivity contribution in [2.24, 2.45) is 0 Å². The molecule has 2 rings (SSSR count). The summed E-state index contributed by atoms with van der Waals surface area (Å²) in [6.07, 6.45) is 1.99. The first-order valence-electron chi connectivity index (χ1n) is 7.52. The number of hydrogen-bond donors (Lipinski definition) is 2. The predicted molar refractivity (Wildman–Crippen MR) is 93.4 cm³/mol. The maximum Gasteiger partial charge on any atom is 0.279 e. The van der Waals surface area contributed by atoms with Crippen LogP contribution in [0.4, 0.5) is 10.1 Å². The third-order valence-corrected chi connectivity index (χ3v) is 4.73. The van der Waals surface area contributed by atoms with E-state index in [-0.39, 0.29) is 17.8 Å². The van der Waals surface area contributed by atoms with E-state index in [0.29, 0.717) is 6.54 Å². The van der Waals surface area contributed by atoms with Crippen molar-refractivity contribution in [1.82, 2.24) is 0 Å². The number of carbonyl (C=O) groups is 1. The Morgan fingerprint density at radius 1 is 1.22 bits per heavy atom. The maximum atomic E-state index is 13.0. The van der Waals surface area contributed by atoms with Crippen molar-refractivity contribution in [2.45, 2.75) is 17.9 Å². The fourth-order valence-electron chi connectivity index (χ4n) is 2.38. The molecule has 0 spiro atoms. The topological polar surface area (TPSA) is 33.5 Å². The van der Waals surface area contributed by atoms with Gasteiger partial charge >= 0.3 is 0 Å². The fourth-order valence-corrected chi connectivity index (χ4v) is 2.94. The van der Waals surface area contributed by atoms with Gasteiger partial charge in [-0.3, -0.25) is 4.79 Å². The van der Waals surface area contributed by atoms with Crippen LogP contribution in [0.3, 0.4) is 0 Å². The standard InChI is InChI=1S/C18H21FN2OS/c1-13(14-8-10-15(19)11-9-14)21(2)12-18(22)20-16-6-4-5-7-17(16)23-3/h4-11,13H,12H2,1-3H3,(H,20,22)/p+1/t13-/m0/s1. The van der Waals surface area contributed by atoms with E-state index in [9.17, 15) is 9.18 Å². The molecule has 0 saturated carbocycles. The number of benzene rings is 2. The Bertz CT molecular complexity index is 660. The number of thioether (sulfide) groups is 1. The van der Waals surface area contributed by atoms with Gasteiger partial charge in [-0.05, 0) is 37.4 Å². The van der Waals surface area contributed by atoms with E-state index in [2.05, 4.69) is 5.32 Å². The first-order chi connectivity index (χ1) is 11.0. The number of rotatable bonds is 6. The highest BCUT2D eigenvalue weighted by molar-refractivity contribution is 7.98. The first kappa shape index (κ1) is 17.5. The van der Waals surface area contributed by atoms with Crippen LogP contribution in [0.25, 0.3) is 0 Å². The second-order valence-electron chi connectivity index (χ2n) is 5.54. The summed E-state index contributed by atoms with van der Waals surface area (Å²) < 4.78 is 13.0. The SMILES string of the molecule is CSc1ccccc1NC(=O)C[NH+](C)[C@@H](C)c1ccc(F)cc1. The molecule has 5 heteroatoms. The zero-order valence-electron chi connectivity index (χ0n) is 13.6. The fraction of sp³-hybridized carbons (Fsp3) is 0.278. The average molecular weight is 333 g/mol. The van der Waals surface area contributed by atoms with Crippen LogP contribution in [-0.4, -0.2) is 25.8 Å². The van der Waals surface area contributed by atoms with Gasteiger partial charge in [0.15, 0.2) is 6.54 Å². The van der Waals surface area contributed by atoms with Gasteiger partial charge in [0.25, 0.3) is 5.91 Å². The van der Waals surface area contributed by atoms with Crippen molar-refractivity contribution >= 4 is 23.4 Å². The van der Waals surface area contributed by atoms with Crippen LogP contribution in [0.1, 0.15) is 18.5 Å². The molecule has 23 heavy (non-hydrogen) atoms. The highest BCUT2D eigenvalue weighted by Crippen LogP contribution is 2.24. The highest BCUT2D eigenvalue weighted by Gasteiger charge is 2.19. The van der Waals surface area contributed by atoms with E-state index in [4.69, 9.17) is 0 Å². The van der Waals surface area contributed by atoms with Crippen LogP contribution in [-0.2, 0) is 4.79 Å². The minimum atomic E-state index is -0.245. The summed E-state index contributed by atoms with van der Waals surface area (Å²) in [6, 6.07) is 14.3. The summed E-state index contributed by atoms with van der Waals surface area (Å²) in [5.41, 5.74) is 1.86. The van der Waals surface area contributed by atoms with Gasteiger partial charge < -0.3 is 10.2 Å². The molecule has 0 aromatic heterocycles. The molecule has 122 valence electrons. The Labute approximate surface area is 140 Å². The number of carbonyl (C=O) groups excluding carboxylic acids is 1. The largest absolute Gasteiger partial charge is 0.324 e. The molecule has 2 aromatic rings. The number of halogens is 1. The summed E-state index contributed by atoms with van der Waals surface area (Å²) in [5.74, 6) is -0.275. The number of hydrogen-bond acceptors (Lipinski definition) is 2. The molecule has 2 aromatic carbocycles. The van der Waals surface area contributed by atoms with E-state index in [1.165, 1.54) is 12.1 Å². The van der Waals surface area contributed by atoms with Gasteiger partial charge in [0.1, 0.15) is 11.9 Å². The van der Waals surface area contributed by atoms with Crippen molar-refractivity contribution < 1.29 is 14.1 Å². The molecule has 0 aliphatic carbocycles. The van der Waals surface area contributed by atoms with Crippen molar-refractivity contribution in [1.29, 1.82) is 0 Å². The Balaban J connectivity index is 1.97. The number of likely N-dealkylation sites (N-methyl/N-ethyl adjacent to an activating group) is 1. The molecule has 0 bridgehead atoms. The Hall–Kier alpha value is -1.85. The van der Waals surface area contributed by atoms with Crippen molar-refractivity contribution in [3.63, 3.8) is 0 Å². The molecular weight excluding hydrogens is 311 g/mol. The molecule has 1 unspecified atom stereocenters. The Kier molecular flexibility index (Phi) is 6.19. The summed E-state index contributed by atoms with van der Waals surface area (Å²) in [4.78, 5) is 14.4. The van der Waals surface area contributed by atoms with Gasteiger partial charge in [-0.2, -0.15) is 0 Å². The molecule has 0 radical (unpaired) electrons. The summed E-state index contributed by atoms with van der Waals surface area (Å²) in [5, 5.41) is 2.97. The van der Waals surface area contributed by atoms with E-state index in [1.54, 1.807) is 23.9 Å². The third kappa shape index (κ3) is 4.81. The van der Waals surface area contributed by atoms with Crippen LogP contribution in [0.15, 0.2) is 53.4 Å². The smallest absolute Gasteiger partial charge is 0.279 e. The minimum absolute atomic E-state index is 0.0297. The molecular formula is C18H22FN2OS+. The Morgan fingerprint density at radius 3 is 2.52 bits per heavy atom. The molecule has 0 fully saturated rings. The van der Waals surface area contributed by atoms with E-state index >= 15 is 0 Å². The van der Waals surface area contributed by atoms with Crippen molar-refractivity contribution in [3.05, 3.63) is 59.9 Å². The zero-order chi connectivity index (χ0) is 16.8. The number of anilines is 1. The average Bonchev–Trinajstić information content (AvgIpc) is 2.55. The van der Waals surface area contributed by atoms with Gasteiger partial charge in [-0.15, -0.1) is 11.8 Å². The number of amides is 1. The second-order valence-corrected chi connectivity index (χ2v) is 6.39. The van der Waals surface area contributed by atoms with E-state index in [1.807, 2.05) is 44.5 Å².